The summed E-state index contributed by atoms with van der Waals surface area (Å²) in [5.74, 6) is 0.748. The van der Waals surface area contributed by atoms with Crippen molar-refractivity contribution in [3.05, 3.63) is 29.8 Å². The van der Waals surface area contributed by atoms with Gasteiger partial charge in [-0.25, -0.2) is 0 Å². The van der Waals surface area contributed by atoms with E-state index in [9.17, 15) is 4.79 Å². The van der Waals surface area contributed by atoms with Crippen LogP contribution in [0.1, 0.15) is 44.1 Å². The maximum absolute atomic E-state index is 13.0. The molecule has 0 aromatic heterocycles. The molecular formula is C20H28N2O3. The van der Waals surface area contributed by atoms with Gasteiger partial charge in [-0.05, 0) is 25.8 Å². The highest BCUT2D eigenvalue weighted by molar-refractivity contribution is 5.85. The highest BCUT2D eigenvalue weighted by Gasteiger charge is 2.45. The van der Waals surface area contributed by atoms with Crippen molar-refractivity contribution < 1.29 is 14.3 Å². The summed E-state index contributed by atoms with van der Waals surface area (Å²) in [5, 5.41) is 3.34. The van der Waals surface area contributed by atoms with Crippen molar-refractivity contribution in [2.45, 2.75) is 50.1 Å². The fourth-order valence-electron chi connectivity index (χ4n) is 4.85. The van der Waals surface area contributed by atoms with Crippen LogP contribution in [0, 0.1) is 0 Å². The zero-order valence-electron chi connectivity index (χ0n) is 15.0. The standard InChI is InChI=1S/C20H28N2O3/c1-15(20(8-4-5-9-20)22-10-12-24-13-11-22)21-19(23)17-14-25-18-7-3-2-6-16(17)18/h2-3,6-7,15,17H,4-5,8-14H2,1H3,(H,21,23)/t15-,17-/m0/s1. The average molecular weight is 344 g/mol. The predicted molar refractivity (Wildman–Crippen MR) is 95.9 cm³/mol. The zero-order valence-corrected chi connectivity index (χ0v) is 15.0. The second-order valence-electron chi connectivity index (χ2n) is 7.54. The Hall–Kier alpha value is -1.59. The molecule has 1 amide bonds. The molecule has 2 fully saturated rings. The third kappa shape index (κ3) is 3.04. The van der Waals surface area contributed by atoms with E-state index < -0.39 is 0 Å². The molecule has 5 nitrogen and oxygen atoms in total. The van der Waals surface area contributed by atoms with E-state index in [0.29, 0.717) is 6.61 Å². The van der Waals surface area contributed by atoms with Gasteiger partial charge in [-0.15, -0.1) is 0 Å². The zero-order chi connectivity index (χ0) is 17.3. The Morgan fingerprint density at radius 3 is 2.72 bits per heavy atom. The number of amides is 1. The number of carbonyl (C=O) groups is 1. The van der Waals surface area contributed by atoms with Crippen LogP contribution in [0.4, 0.5) is 0 Å². The van der Waals surface area contributed by atoms with Crippen LogP contribution in [0.15, 0.2) is 24.3 Å². The third-order valence-electron chi connectivity index (χ3n) is 6.29. The van der Waals surface area contributed by atoms with Crippen LogP contribution < -0.4 is 10.1 Å². The molecule has 2 aliphatic heterocycles. The van der Waals surface area contributed by atoms with E-state index in [1.54, 1.807) is 0 Å². The van der Waals surface area contributed by atoms with Crippen molar-refractivity contribution in [3.8, 4) is 5.75 Å². The van der Waals surface area contributed by atoms with E-state index in [2.05, 4.69) is 17.1 Å². The number of hydrogen-bond donors (Lipinski definition) is 1. The molecule has 1 N–H and O–H groups in total. The molecule has 2 heterocycles. The van der Waals surface area contributed by atoms with Crippen molar-refractivity contribution in [2.24, 2.45) is 0 Å². The van der Waals surface area contributed by atoms with Gasteiger partial charge in [0.05, 0.1) is 13.2 Å². The van der Waals surface area contributed by atoms with Crippen LogP contribution >= 0.6 is 0 Å². The quantitative estimate of drug-likeness (QED) is 0.911. The number of carbonyl (C=O) groups excluding carboxylic acids is 1. The minimum Gasteiger partial charge on any atom is -0.492 e. The normalized spacial score (nSPS) is 26.7. The second kappa shape index (κ2) is 6.96. The molecule has 0 radical (unpaired) electrons. The SMILES string of the molecule is C[C@H](NC(=O)[C@H]1COc2ccccc21)C1(N2CCOCC2)CCCC1. The number of rotatable bonds is 4. The Labute approximate surface area is 149 Å². The molecule has 3 aliphatic rings. The molecule has 1 aromatic carbocycles. The van der Waals surface area contributed by atoms with Crippen LogP contribution in [-0.4, -0.2) is 55.3 Å². The summed E-state index contributed by atoms with van der Waals surface area (Å²) in [7, 11) is 0. The van der Waals surface area contributed by atoms with Gasteiger partial charge in [-0.3, -0.25) is 9.69 Å². The van der Waals surface area contributed by atoms with Gasteiger partial charge in [0, 0.05) is 30.2 Å². The monoisotopic (exact) mass is 344 g/mol. The topological polar surface area (TPSA) is 50.8 Å². The maximum atomic E-state index is 13.0. The van der Waals surface area contributed by atoms with Crippen LogP contribution in [-0.2, 0) is 9.53 Å². The molecule has 5 heteroatoms. The summed E-state index contributed by atoms with van der Waals surface area (Å²) in [6, 6.07) is 8.01. The van der Waals surface area contributed by atoms with Gasteiger partial charge in [0.25, 0.3) is 0 Å². The fourth-order valence-corrected chi connectivity index (χ4v) is 4.85. The van der Waals surface area contributed by atoms with E-state index in [4.69, 9.17) is 9.47 Å². The Balaban J connectivity index is 1.48. The second-order valence-corrected chi connectivity index (χ2v) is 7.54. The van der Waals surface area contributed by atoms with Gasteiger partial charge < -0.3 is 14.8 Å². The molecule has 1 aliphatic carbocycles. The summed E-state index contributed by atoms with van der Waals surface area (Å²) in [6.07, 6.45) is 4.80. The lowest BCUT2D eigenvalue weighted by molar-refractivity contribution is -0.125. The first kappa shape index (κ1) is 16.9. The molecule has 0 bridgehead atoms. The lowest BCUT2D eigenvalue weighted by Crippen LogP contribution is -2.62. The van der Waals surface area contributed by atoms with Gasteiger partial charge >= 0.3 is 0 Å². The van der Waals surface area contributed by atoms with Crippen LogP contribution in [0.2, 0.25) is 0 Å². The minimum absolute atomic E-state index is 0.0818. The summed E-state index contributed by atoms with van der Waals surface area (Å²) < 4.78 is 11.2. The van der Waals surface area contributed by atoms with E-state index in [1.807, 2.05) is 24.3 Å². The van der Waals surface area contributed by atoms with Crippen LogP contribution in [0.3, 0.4) is 0 Å². The number of hydrogen-bond acceptors (Lipinski definition) is 4. The summed E-state index contributed by atoms with van der Waals surface area (Å²) in [4.78, 5) is 15.5. The van der Waals surface area contributed by atoms with Gasteiger partial charge in [0.1, 0.15) is 18.3 Å². The van der Waals surface area contributed by atoms with E-state index in [-0.39, 0.29) is 23.4 Å². The molecule has 136 valence electrons. The van der Waals surface area contributed by atoms with E-state index >= 15 is 0 Å². The number of benzene rings is 1. The number of ether oxygens (including phenoxy) is 2. The van der Waals surface area contributed by atoms with Gasteiger partial charge in [-0.1, -0.05) is 31.0 Å². The molecule has 1 saturated heterocycles. The van der Waals surface area contributed by atoms with E-state index in [1.165, 1.54) is 12.8 Å². The number of fused-ring (bicyclic) bond motifs is 1. The first-order valence-electron chi connectivity index (χ1n) is 9.56. The summed E-state index contributed by atoms with van der Waals surface area (Å²) in [5.41, 5.74) is 1.09. The molecule has 4 rings (SSSR count). The van der Waals surface area contributed by atoms with E-state index in [0.717, 1.165) is 50.5 Å². The number of nitrogens with zero attached hydrogens (tertiary/aromatic N) is 1. The molecular weight excluding hydrogens is 316 g/mol. The van der Waals surface area contributed by atoms with Crippen molar-refractivity contribution in [2.75, 3.05) is 32.9 Å². The van der Waals surface area contributed by atoms with Crippen molar-refractivity contribution >= 4 is 5.91 Å². The fraction of sp³-hybridized carbons (Fsp3) is 0.650. The van der Waals surface area contributed by atoms with Crippen LogP contribution in [0.5, 0.6) is 5.75 Å². The third-order valence-corrected chi connectivity index (χ3v) is 6.29. The van der Waals surface area contributed by atoms with Gasteiger partial charge in [-0.2, -0.15) is 0 Å². The smallest absolute Gasteiger partial charge is 0.231 e. The largest absolute Gasteiger partial charge is 0.492 e. The number of nitrogens with one attached hydrogen (secondary N) is 1. The highest BCUT2D eigenvalue weighted by atomic mass is 16.5. The van der Waals surface area contributed by atoms with Crippen LogP contribution in [0.25, 0.3) is 0 Å². The maximum Gasteiger partial charge on any atom is 0.231 e. The minimum atomic E-state index is -0.193. The molecule has 0 spiro atoms. The Bertz CT molecular complexity index is 621. The Morgan fingerprint density at radius 1 is 1.24 bits per heavy atom. The molecule has 25 heavy (non-hydrogen) atoms. The lowest BCUT2D eigenvalue weighted by Gasteiger charge is -2.47. The lowest BCUT2D eigenvalue weighted by atomic mass is 9.86. The summed E-state index contributed by atoms with van der Waals surface area (Å²) in [6.45, 7) is 6.16. The number of morpholine rings is 1. The molecule has 1 saturated carbocycles. The number of para-hydroxylation sites is 1. The summed E-state index contributed by atoms with van der Waals surface area (Å²) >= 11 is 0. The van der Waals surface area contributed by atoms with Gasteiger partial charge in [0.15, 0.2) is 0 Å². The van der Waals surface area contributed by atoms with Crippen molar-refractivity contribution in [1.82, 2.24) is 10.2 Å². The first-order valence-corrected chi connectivity index (χ1v) is 9.56. The molecule has 0 unspecified atom stereocenters. The molecule has 2 atom stereocenters. The molecule has 1 aromatic rings. The first-order chi connectivity index (χ1) is 12.2. The predicted octanol–water partition coefficient (Wildman–Crippen LogP) is 2.31. The van der Waals surface area contributed by atoms with Crippen molar-refractivity contribution in [1.29, 1.82) is 0 Å². The van der Waals surface area contributed by atoms with Gasteiger partial charge in [0.2, 0.25) is 5.91 Å². The Kier molecular flexibility index (Phi) is 4.69. The van der Waals surface area contributed by atoms with Crippen molar-refractivity contribution in [3.63, 3.8) is 0 Å². The Morgan fingerprint density at radius 2 is 1.96 bits per heavy atom. The highest BCUT2D eigenvalue weighted by Crippen LogP contribution is 2.39. The average Bonchev–Trinajstić information content (AvgIpc) is 3.30.